The van der Waals surface area contributed by atoms with Gasteiger partial charge in [-0.15, -0.1) is 0 Å². The summed E-state index contributed by atoms with van der Waals surface area (Å²) in [6, 6.07) is 8.59. The van der Waals surface area contributed by atoms with Crippen LogP contribution in [0.25, 0.3) is 0 Å². The van der Waals surface area contributed by atoms with Crippen LogP contribution in [0.4, 0.5) is 0 Å². The highest BCUT2D eigenvalue weighted by molar-refractivity contribution is 7.89. The first-order chi connectivity index (χ1) is 11.4. The minimum atomic E-state index is -3.41. The Morgan fingerprint density at radius 2 is 1.75 bits per heavy atom. The lowest BCUT2D eigenvalue weighted by molar-refractivity contribution is 0.181. The zero-order chi connectivity index (χ0) is 17.3. The summed E-state index contributed by atoms with van der Waals surface area (Å²) >= 11 is 6.28. The second kappa shape index (κ2) is 6.84. The van der Waals surface area contributed by atoms with E-state index in [2.05, 4.69) is 10.00 Å². The maximum atomic E-state index is 12.6. The fourth-order valence-corrected chi connectivity index (χ4v) is 4.62. The molecule has 0 amide bonds. The van der Waals surface area contributed by atoms with Crippen molar-refractivity contribution in [3.63, 3.8) is 0 Å². The predicted octanol–water partition coefficient (Wildman–Crippen LogP) is 1.89. The van der Waals surface area contributed by atoms with E-state index in [4.69, 9.17) is 11.6 Å². The number of hydrogen-bond donors (Lipinski definition) is 0. The normalized spacial score (nSPS) is 17.3. The van der Waals surface area contributed by atoms with Gasteiger partial charge in [0.25, 0.3) is 0 Å². The molecule has 0 spiro atoms. The molecule has 0 aliphatic carbocycles. The summed E-state index contributed by atoms with van der Waals surface area (Å²) in [7, 11) is -1.58. The van der Waals surface area contributed by atoms with Crippen molar-refractivity contribution in [2.75, 3.05) is 26.2 Å². The molecule has 24 heavy (non-hydrogen) atoms. The van der Waals surface area contributed by atoms with Gasteiger partial charge in [-0.3, -0.25) is 9.58 Å². The number of halogens is 1. The largest absolute Gasteiger partial charge is 0.296 e. The van der Waals surface area contributed by atoms with E-state index >= 15 is 0 Å². The van der Waals surface area contributed by atoms with Crippen LogP contribution in [-0.2, 0) is 23.6 Å². The highest BCUT2D eigenvalue weighted by Gasteiger charge is 2.29. The van der Waals surface area contributed by atoms with Crippen LogP contribution in [0.2, 0.25) is 5.15 Å². The van der Waals surface area contributed by atoms with Crippen LogP contribution in [-0.4, -0.2) is 53.6 Å². The molecule has 0 bridgehead atoms. The van der Waals surface area contributed by atoms with Gasteiger partial charge in [-0.2, -0.15) is 9.40 Å². The second-order valence-electron chi connectivity index (χ2n) is 5.97. The molecule has 2 aromatic rings. The summed E-state index contributed by atoms with van der Waals surface area (Å²) in [6.45, 7) is 4.95. The molecule has 1 aromatic carbocycles. The maximum absolute atomic E-state index is 12.6. The quantitative estimate of drug-likeness (QED) is 0.826. The lowest BCUT2D eigenvalue weighted by atomic mass is 10.2. The van der Waals surface area contributed by atoms with Gasteiger partial charge >= 0.3 is 0 Å². The van der Waals surface area contributed by atoms with Crippen molar-refractivity contribution in [1.29, 1.82) is 0 Å². The van der Waals surface area contributed by atoms with Gasteiger partial charge in [-0.05, 0) is 19.1 Å². The fourth-order valence-electron chi connectivity index (χ4n) is 2.95. The molecule has 1 aromatic heterocycles. The van der Waals surface area contributed by atoms with Gasteiger partial charge < -0.3 is 0 Å². The third-order valence-electron chi connectivity index (χ3n) is 4.36. The number of nitrogens with zero attached hydrogens (tertiary/aromatic N) is 4. The van der Waals surface area contributed by atoms with E-state index in [1.165, 1.54) is 0 Å². The number of rotatable bonds is 4. The standard InChI is InChI=1S/C16H21ClN4O2S/c1-13-15(16(17)19(2)18-13)12-20-8-10-21(11-9-20)24(22,23)14-6-4-3-5-7-14/h3-7H,8-12H2,1-2H3. The minimum absolute atomic E-state index is 0.351. The smallest absolute Gasteiger partial charge is 0.243 e. The van der Waals surface area contributed by atoms with Gasteiger partial charge in [0.05, 0.1) is 10.6 Å². The van der Waals surface area contributed by atoms with E-state index in [1.54, 1.807) is 33.3 Å². The molecular weight excluding hydrogens is 348 g/mol. The van der Waals surface area contributed by atoms with Crippen molar-refractivity contribution >= 4 is 21.6 Å². The predicted molar refractivity (Wildman–Crippen MR) is 93.4 cm³/mol. The van der Waals surface area contributed by atoms with Crippen LogP contribution in [0.1, 0.15) is 11.3 Å². The van der Waals surface area contributed by atoms with Crippen molar-refractivity contribution < 1.29 is 8.42 Å². The van der Waals surface area contributed by atoms with E-state index in [0.29, 0.717) is 42.8 Å². The minimum Gasteiger partial charge on any atom is -0.296 e. The molecule has 0 atom stereocenters. The van der Waals surface area contributed by atoms with Crippen LogP contribution in [0.3, 0.4) is 0 Å². The summed E-state index contributed by atoms with van der Waals surface area (Å²) in [5.74, 6) is 0. The van der Waals surface area contributed by atoms with Crippen LogP contribution in [0.5, 0.6) is 0 Å². The average Bonchev–Trinajstić information content (AvgIpc) is 2.82. The van der Waals surface area contributed by atoms with Crippen LogP contribution in [0.15, 0.2) is 35.2 Å². The zero-order valence-corrected chi connectivity index (χ0v) is 15.4. The van der Waals surface area contributed by atoms with E-state index < -0.39 is 10.0 Å². The number of hydrogen-bond acceptors (Lipinski definition) is 4. The monoisotopic (exact) mass is 368 g/mol. The number of sulfonamides is 1. The molecule has 0 saturated carbocycles. The maximum Gasteiger partial charge on any atom is 0.243 e. The first kappa shape index (κ1) is 17.4. The van der Waals surface area contributed by atoms with Crippen molar-refractivity contribution in [1.82, 2.24) is 19.0 Å². The molecule has 1 aliphatic heterocycles. The van der Waals surface area contributed by atoms with Gasteiger partial charge in [0.2, 0.25) is 10.0 Å². The van der Waals surface area contributed by atoms with Gasteiger partial charge in [-0.1, -0.05) is 29.8 Å². The first-order valence-corrected chi connectivity index (χ1v) is 9.67. The summed E-state index contributed by atoms with van der Waals surface area (Å²) in [5.41, 5.74) is 1.93. The Hall–Kier alpha value is -1.41. The Bertz CT molecular complexity index is 812. The van der Waals surface area contributed by atoms with Crippen LogP contribution in [0, 0.1) is 6.92 Å². The van der Waals surface area contributed by atoms with Crippen molar-refractivity contribution in [3.8, 4) is 0 Å². The highest BCUT2D eigenvalue weighted by Crippen LogP contribution is 2.22. The van der Waals surface area contributed by atoms with Gasteiger partial charge in [0.1, 0.15) is 5.15 Å². The van der Waals surface area contributed by atoms with Gasteiger partial charge in [0, 0.05) is 45.3 Å². The number of aryl methyl sites for hydroxylation is 2. The van der Waals surface area contributed by atoms with E-state index in [-0.39, 0.29) is 0 Å². The lowest BCUT2D eigenvalue weighted by Gasteiger charge is -2.33. The summed E-state index contributed by atoms with van der Waals surface area (Å²) in [5, 5.41) is 4.97. The first-order valence-electron chi connectivity index (χ1n) is 7.85. The van der Waals surface area contributed by atoms with Crippen molar-refractivity contribution in [2.45, 2.75) is 18.4 Å². The molecule has 3 rings (SSSR count). The van der Waals surface area contributed by atoms with Crippen molar-refractivity contribution in [2.24, 2.45) is 7.05 Å². The molecule has 8 heteroatoms. The molecule has 0 N–H and O–H groups in total. The fraction of sp³-hybridized carbons (Fsp3) is 0.438. The highest BCUT2D eigenvalue weighted by atomic mass is 35.5. The third kappa shape index (κ3) is 3.35. The summed E-state index contributed by atoms with van der Waals surface area (Å²) in [6.07, 6.45) is 0. The molecular formula is C16H21ClN4O2S. The molecule has 130 valence electrons. The molecule has 0 unspecified atom stereocenters. The molecule has 1 aliphatic rings. The lowest BCUT2D eigenvalue weighted by Crippen LogP contribution is -2.48. The third-order valence-corrected chi connectivity index (χ3v) is 6.75. The van der Waals surface area contributed by atoms with Gasteiger partial charge in [-0.25, -0.2) is 8.42 Å². The Labute approximate surface area is 147 Å². The Balaban J connectivity index is 1.66. The van der Waals surface area contributed by atoms with E-state index in [1.807, 2.05) is 20.0 Å². The van der Waals surface area contributed by atoms with Crippen LogP contribution < -0.4 is 0 Å². The zero-order valence-electron chi connectivity index (χ0n) is 13.8. The molecule has 2 heterocycles. The van der Waals surface area contributed by atoms with Gasteiger partial charge in [0.15, 0.2) is 0 Å². The topological polar surface area (TPSA) is 58.4 Å². The SMILES string of the molecule is Cc1nn(C)c(Cl)c1CN1CCN(S(=O)(=O)c2ccccc2)CC1. The van der Waals surface area contributed by atoms with E-state index in [9.17, 15) is 8.42 Å². The van der Waals surface area contributed by atoms with E-state index in [0.717, 1.165) is 11.3 Å². The van der Waals surface area contributed by atoms with Crippen molar-refractivity contribution in [3.05, 3.63) is 46.7 Å². The Morgan fingerprint density at radius 3 is 2.29 bits per heavy atom. The average molecular weight is 369 g/mol. The molecule has 1 fully saturated rings. The molecule has 6 nitrogen and oxygen atoms in total. The van der Waals surface area contributed by atoms with Crippen LogP contribution >= 0.6 is 11.6 Å². The second-order valence-corrected chi connectivity index (χ2v) is 8.27. The Morgan fingerprint density at radius 1 is 1.12 bits per heavy atom. The number of benzene rings is 1. The number of piperazine rings is 1. The molecule has 0 radical (unpaired) electrons. The summed E-state index contributed by atoms with van der Waals surface area (Å²) in [4.78, 5) is 2.57. The summed E-state index contributed by atoms with van der Waals surface area (Å²) < 4.78 is 28.5. The molecule has 1 saturated heterocycles. The Kier molecular flexibility index (Phi) is 4.96. The number of aromatic nitrogens is 2.